The molecule has 7 nitrogen and oxygen atoms in total. The van der Waals surface area contributed by atoms with Crippen molar-refractivity contribution in [3.8, 4) is 0 Å². The summed E-state index contributed by atoms with van der Waals surface area (Å²) in [5, 5.41) is 11.7. The molecule has 3 heterocycles. The molecule has 3 aromatic heterocycles. The number of aryl methyl sites for hydroxylation is 1. The number of carbonyl (C=O) groups excluding carboxylic acids is 1. The molecule has 0 aliphatic carbocycles. The van der Waals surface area contributed by atoms with Gasteiger partial charge >= 0.3 is 0 Å². The molecule has 4 aromatic rings. The first kappa shape index (κ1) is 25.2. The third-order valence-corrected chi connectivity index (χ3v) is 5.87. The normalized spacial score (nSPS) is 11.7. The van der Waals surface area contributed by atoms with Crippen molar-refractivity contribution in [3.63, 3.8) is 0 Å². The van der Waals surface area contributed by atoms with Crippen LogP contribution >= 0.6 is 34.8 Å². The molecule has 0 fully saturated rings. The third-order valence-electron chi connectivity index (χ3n) is 5.00. The van der Waals surface area contributed by atoms with E-state index in [1.165, 1.54) is 17.8 Å². The van der Waals surface area contributed by atoms with Gasteiger partial charge in [-0.05, 0) is 30.7 Å². The summed E-state index contributed by atoms with van der Waals surface area (Å²) < 4.78 is 55.9. The van der Waals surface area contributed by atoms with Crippen LogP contribution < -0.4 is 5.32 Å². The lowest BCUT2D eigenvalue weighted by Gasteiger charge is -2.08. The van der Waals surface area contributed by atoms with Gasteiger partial charge in [-0.2, -0.15) is 10.2 Å². The Kier molecular flexibility index (Phi) is 7.20. The van der Waals surface area contributed by atoms with Gasteiger partial charge in [0.25, 0.3) is 12.9 Å². The predicted octanol–water partition coefficient (Wildman–Crippen LogP) is 6.46. The number of carbonyl (C=O) groups is 1. The zero-order valence-corrected chi connectivity index (χ0v) is 20.0. The first-order valence-electron chi connectivity index (χ1n) is 9.94. The van der Waals surface area contributed by atoms with E-state index in [-0.39, 0.29) is 34.1 Å². The number of nitrogens with zero attached hydrogens (tertiary/aromatic N) is 5. The van der Waals surface area contributed by atoms with Crippen LogP contribution in [0.15, 0.2) is 30.5 Å². The summed E-state index contributed by atoms with van der Waals surface area (Å²) in [6, 6.07) is 5.61. The Morgan fingerprint density at radius 3 is 2.46 bits per heavy atom. The van der Waals surface area contributed by atoms with E-state index in [4.69, 9.17) is 34.8 Å². The molecule has 0 unspecified atom stereocenters. The quantitative estimate of drug-likeness (QED) is 0.269. The van der Waals surface area contributed by atoms with Crippen molar-refractivity contribution in [2.75, 3.05) is 5.32 Å². The number of halogens is 7. The molecule has 1 N–H and O–H groups in total. The number of rotatable bonds is 7. The lowest BCUT2D eigenvalue weighted by atomic mass is 10.1. The van der Waals surface area contributed by atoms with Crippen molar-refractivity contribution in [1.29, 1.82) is 0 Å². The molecule has 0 aliphatic rings. The highest BCUT2D eigenvalue weighted by Crippen LogP contribution is 2.32. The number of fused-ring (bicyclic) bond motifs is 1. The van der Waals surface area contributed by atoms with Gasteiger partial charge in [-0.15, -0.1) is 0 Å². The van der Waals surface area contributed by atoms with E-state index in [9.17, 15) is 22.4 Å². The van der Waals surface area contributed by atoms with Gasteiger partial charge in [0, 0.05) is 21.8 Å². The van der Waals surface area contributed by atoms with Crippen LogP contribution in [-0.4, -0.2) is 30.5 Å². The summed E-state index contributed by atoms with van der Waals surface area (Å²) >= 11 is 18.3. The number of aromatic nitrogens is 5. The molecule has 35 heavy (non-hydrogen) atoms. The van der Waals surface area contributed by atoms with Crippen molar-refractivity contribution in [2.24, 2.45) is 0 Å². The minimum atomic E-state index is -3.08. The fourth-order valence-corrected chi connectivity index (χ4v) is 4.16. The molecule has 0 bridgehead atoms. The van der Waals surface area contributed by atoms with Crippen LogP contribution in [0.3, 0.4) is 0 Å². The number of pyridine rings is 1. The summed E-state index contributed by atoms with van der Waals surface area (Å²) in [6.07, 6.45) is -4.63. The minimum absolute atomic E-state index is 0.0319. The molecule has 0 atom stereocenters. The number of hydrogen-bond acceptors (Lipinski definition) is 4. The largest absolute Gasteiger partial charge is 0.306 e. The Balaban J connectivity index is 1.56. The highest BCUT2D eigenvalue weighted by molar-refractivity contribution is 6.35. The van der Waals surface area contributed by atoms with Gasteiger partial charge in [-0.1, -0.05) is 40.9 Å². The number of hydrogen-bond donors (Lipinski definition) is 1. The summed E-state index contributed by atoms with van der Waals surface area (Å²) in [7, 11) is 0. The maximum atomic E-state index is 13.5. The number of amides is 1. The van der Waals surface area contributed by atoms with Gasteiger partial charge in [0.2, 0.25) is 5.91 Å². The SMILES string of the molecule is Cc1nn(CC(=O)Nc2nn(Cc3ccc(Cl)cc3Cl)cc2Cl)c2nc(C(F)F)cc(C(F)F)c12. The monoisotopic (exact) mass is 548 g/mol. The van der Waals surface area contributed by atoms with Gasteiger partial charge in [-0.3, -0.25) is 9.48 Å². The van der Waals surface area contributed by atoms with Gasteiger partial charge in [0.1, 0.15) is 17.3 Å². The highest BCUT2D eigenvalue weighted by atomic mass is 35.5. The van der Waals surface area contributed by atoms with Crippen LogP contribution in [0, 0.1) is 6.92 Å². The molecule has 0 saturated heterocycles. The maximum absolute atomic E-state index is 13.5. The summed E-state index contributed by atoms with van der Waals surface area (Å²) in [4.78, 5) is 16.4. The fraction of sp³-hybridized carbons (Fsp3) is 0.238. The summed E-state index contributed by atoms with van der Waals surface area (Å²) in [5.74, 6) is -0.640. The number of alkyl halides is 4. The van der Waals surface area contributed by atoms with E-state index >= 15 is 0 Å². The Hall–Kier alpha value is -2.89. The molecule has 0 spiro atoms. The van der Waals surface area contributed by atoms with E-state index in [0.717, 1.165) is 4.68 Å². The molecule has 0 radical (unpaired) electrons. The summed E-state index contributed by atoms with van der Waals surface area (Å²) in [5.41, 5.74) is -0.880. The van der Waals surface area contributed by atoms with Crippen molar-refractivity contribution >= 4 is 57.6 Å². The molecular formula is C21H15Cl3F4N6O. The maximum Gasteiger partial charge on any atom is 0.280 e. The average Bonchev–Trinajstić information content (AvgIpc) is 3.28. The van der Waals surface area contributed by atoms with Gasteiger partial charge in [-0.25, -0.2) is 27.2 Å². The van der Waals surface area contributed by atoms with E-state index in [1.54, 1.807) is 18.2 Å². The first-order chi connectivity index (χ1) is 16.5. The van der Waals surface area contributed by atoms with Crippen LogP contribution in [0.5, 0.6) is 0 Å². The van der Waals surface area contributed by atoms with Crippen LogP contribution in [0.25, 0.3) is 11.0 Å². The summed E-state index contributed by atoms with van der Waals surface area (Å²) in [6.45, 7) is 1.16. The Morgan fingerprint density at radius 2 is 1.80 bits per heavy atom. The molecule has 14 heteroatoms. The molecule has 4 rings (SSSR count). The lowest BCUT2D eigenvalue weighted by Crippen LogP contribution is -2.20. The fourth-order valence-electron chi connectivity index (χ4n) is 3.50. The van der Waals surface area contributed by atoms with Gasteiger partial charge in [0.15, 0.2) is 11.5 Å². The van der Waals surface area contributed by atoms with E-state index in [0.29, 0.717) is 21.7 Å². The molecular weight excluding hydrogens is 535 g/mol. The molecule has 1 amide bonds. The number of benzene rings is 1. The Labute approximate surface area is 210 Å². The van der Waals surface area contributed by atoms with Crippen LogP contribution in [0.2, 0.25) is 15.1 Å². The van der Waals surface area contributed by atoms with Crippen molar-refractivity contribution in [1.82, 2.24) is 24.5 Å². The third kappa shape index (κ3) is 5.36. The van der Waals surface area contributed by atoms with Crippen molar-refractivity contribution in [3.05, 3.63) is 68.0 Å². The predicted molar refractivity (Wildman–Crippen MR) is 124 cm³/mol. The van der Waals surface area contributed by atoms with E-state index < -0.39 is 36.6 Å². The van der Waals surface area contributed by atoms with Gasteiger partial charge in [0.05, 0.1) is 17.6 Å². The van der Waals surface area contributed by atoms with E-state index in [2.05, 4.69) is 20.5 Å². The van der Waals surface area contributed by atoms with Gasteiger partial charge < -0.3 is 5.32 Å². The van der Waals surface area contributed by atoms with Crippen LogP contribution in [-0.2, 0) is 17.9 Å². The second kappa shape index (κ2) is 10.00. The Bertz CT molecular complexity index is 1420. The molecule has 184 valence electrons. The second-order valence-electron chi connectivity index (χ2n) is 7.49. The second-order valence-corrected chi connectivity index (χ2v) is 8.74. The molecule has 0 saturated carbocycles. The lowest BCUT2D eigenvalue weighted by molar-refractivity contribution is -0.116. The zero-order chi connectivity index (χ0) is 25.4. The molecule has 1 aromatic carbocycles. The minimum Gasteiger partial charge on any atom is -0.306 e. The zero-order valence-electron chi connectivity index (χ0n) is 17.7. The van der Waals surface area contributed by atoms with E-state index in [1.807, 2.05) is 0 Å². The number of anilines is 1. The first-order valence-corrected chi connectivity index (χ1v) is 11.1. The standard InChI is InChI=1S/C21H15Cl3F4N6O/c1-9-17-12(18(25)26)5-15(19(27)28)29-21(17)34(31-9)8-16(35)30-20-14(24)7-33(32-20)6-10-2-3-11(22)4-13(10)23/h2-5,7,18-19H,6,8H2,1H3,(H,30,32,35). The number of nitrogens with one attached hydrogen (secondary N) is 1. The Morgan fingerprint density at radius 1 is 1.06 bits per heavy atom. The van der Waals surface area contributed by atoms with Crippen molar-refractivity contribution in [2.45, 2.75) is 32.9 Å². The average molecular weight is 550 g/mol. The van der Waals surface area contributed by atoms with Crippen LogP contribution in [0.4, 0.5) is 23.4 Å². The topological polar surface area (TPSA) is 77.6 Å². The smallest absolute Gasteiger partial charge is 0.280 e. The molecule has 0 aliphatic heterocycles. The van der Waals surface area contributed by atoms with Crippen molar-refractivity contribution < 1.29 is 22.4 Å². The van der Waals surface area contributed by atoms with Crippen LogP contribution in [0.1, 0.15) is 35.4 Å². The highest BCUT2D eigenvalue weighted by Gasteiger charge is 2.24.